The number of aryl methyl sites for hydroxylation is 1. The topological polar surface area (TPSA) is 102 Å². The highest BCUT2D eigenvalue weighted by Crippen LogP contribution is 2.35. The number of methoxy groups -OCH3 is 1. The molecule has 0 aliphatic carbocycles. The Bertz CT molecular complexity index is 1250. The van der Waals surface area contributed by atoms with Crippen LogP contribution in [0.5, 0.6) is 5.88 Å². The molecule has 0 spiro atoms. The van der Waals surface area contributed by atoms with Crippen LogP contribution in [0.25, 0.3) is 10.4 Å². The van der Waals surface area contributed by atoms with Crippen LogP contribution < -0.4 is 14.8 Å². The highest BCUT2D eigenvalue weighted by molar-refractivity contribution is 7.86. The van der Waals surface area contributed by atoms with E-state index in [1.807, 2.05) is 0 Å². The summed E-state index contributed by atoms with van der Waals surface area (Å²) in [5.41, 5.74) is 1.15. The van der Waals surface area contributed by atoms with Crippen molar-refractivity contribution in [3.05, 3.63) is 47.8 Å². The van der Waals surface area contributed by atoms with E-state index < -0.39 is 22.6 Å². The third kappa shape index (κ3) is 6.19. The molecule has 1 unspecified atom stereocenters. The van der Waals surface area contributed by atoms with E-state index in [0.29, 0.717) is 48.0 Å². The summed E-state index contributed by atoms with van der Waals surface area (Å²) in [6.45, 7) is 3.15. The van der Waals surface area contributed by atoms with E-state index in [1.165, 1.54) is 18.4 Å². The van der Waals surface area contributed by atoms with Gasteiger partial charge in [-0.3, -0.25) is 9.52 Å². The summed E-state index contributed by atoms with van der Waals surface area (Å²) in [6, 6.07) is 4.52. The first-order chi connectivity index (χ1) is 16.8. The summed E-state index contributed by atoms with van der Waals surface area (Å²) in [4.78, 5) is 22.1. The van der Waals surface area contributed by atoms with Crippen molar-refractivity contribution in [2.24, 2.45) is 5.92 Å². The Balaban J connectivity index is 1.53. The maximum Gasteiger partial charge on any atom is 0.231 e. The van der Waals surface area contributed by atoms with Crippen LogP contribution in [-0.4, -0.2) is 40.4 Å². The maximum atomic E-state index is 14.0. The Morgan fingerprint density at radius 2 is 2.06 bits per heavy atom. The lowest BCUT2D eigenvalue weighted by atomic mass is 9.96. The number of hydrogen-bond acceptors (Lipinski definition) is 7. The Morgan fingerprint density at radius 3 is 2.77 bits per heavy atom. The van der Waals surface area contributed by atoms with Crippen LogP contribution in [0.3, 0.4) is 0 Å². The lowest BCUT2D eigenvalue weighted by molar-refractivity contribution is -0.117. The molecule has 1 fully saturated rings. The minimum Gasteiger partial charge on any atom is -0.480 e. The van der Waals surface area contributed by atoms with E-state index in [1.54, 1.807) is 19.2 Å². The summed E-state index contributed by atoms with van der Waals surface area (Å²) in [6.07, 6.45) is 3.69. The highest BCUT2D eigenvalue weighted by Gasteiger charge is 2.21. The van der Waals surface area contributed by atoms with Crippen molar-refractivity contribution in [2.75, 3.05) is 30.4 Å². The van der Waals surface area contributed by atoms with E-state index in [9.17, 15) is 17.8 Å². The second-order valence-corrected chi connectivity index (χ2v) is 10.1. The number of carbonyl (C=O) groups is 1. The Labute approximate surface area is 207 Å². The minimum absolute atomic E-state index is 0.0919. The molecule has 8 nitrogen and oxygen atoms in total. The number of halogens is 2. The first-order valence-electron chi connectivity index (χ1n) is 10.9. The lowest BCUT2D eigenvalue weighted by Crippen LogP contribution is -2.22. The average molecular weight is 523 g/mol. The largest absolute Gasteiger partial charge is 0.480 e. The number of anilines is 2. The van der Waals surface area contributed by atoms with Crippen LogP contribution in [0.15, 0.2) is 35.4 Å². The molecular weight excluding hydrogens is 498 g/mol. The number of pyridine rings is 1. The van der Waals surface area contributed by atoms with Gasteiger partial charge < -0.3 is 14.8 Å². The summed E-state index contributed by atoms with van der Waals surface area (Å²) in [5, 5.41) is 3.32. The second kappa shape index (κ2) is 11.2. The molecule has 2 aromatic heterocycles. The van der Waals surface area contributed by atoms with Crippen LogP contribution >= 0.6 is 11.3 Å². The zero-order valence-electron chi connectivity index (χ0n) is 19.1. The van der Waals surface area contributed by atoms with Gasteiger partial charge in [-0.1, -0.05) is 11.3 Å². The molecule has 0 radical (unpaired) electrons. The number of carbonyl (C=O) groups excluding carboxylic acids is 1. The summed E-state index contributed by atoms with van der Waals surface area (Å²) < 4.78 is 53.3. The molecule has 4 rings (SSSR count). The Kier molecular flexibility index (Phi) is 8.04. The molecule has 3 aromatic rings. The van der Waals surface area contributed by atoms with Crippen molar-refractivity contribution in [3.63, 3.8) is 0 Å². The second-order valence-electron chi connectivity index (χ2n) is 7.97. The van der Waals surface area contributed by atoms with Gasteiger partial charge in [0.1, 0.15) is 16.5 Å². The number of rotatable bonds is 8. The number of nitrogens with one attached hydrogen (secondary N) is 2. The van der Waals surface area contributed by atoms with Gasteiger partial charge in [0.05, 0.1) is 23.4 Å². The van der Waals surface area contributed by atoms with Gasteiger partial charge in [-0.15, -0.1) is 0 Å². The number of aromatic nitrogens is 2. The van der Waals surface area contributed by atoms with Crippen molar-refractivity contribution >= 4 is 39.0 Å². The van der Waals surface area contributed by atoms with Crippen LogP contribution in [0.2, 0.25) is 0 Å². The fourth-order valence-electron chi connectivity index (χ4n) is 3.67. The fourth-order valence-corrected chi connectivity index (χ4v) is 5.64. The average Bonchev–Trinajstić information content (AvgIpc) is 3.20. The van der Waals surface area contributed by atoms with Crippen LogP contribution in [0.1, 0.15) is 25.0 Å². The van der Waals surface area contributed by atoms with Gasteiger partial charge in [-0.25, -0.2) is 23.0 Å². The molecule has 0 bridgehead atoms. The first-order valence-corrected chi connectivity index (χ1v) is 12.8. The van der Waals surface area contributed by atoms with E-state index in [0.717, 1.165) is 29.9 Å². The van der Waals surface area contributed by atoms with Crippen molar-refractivity contribution in [1.29, 1.82) is 0 Å². The number of hydrogen-bond donors (Lipinski definition) is 2. The smallest absolute Gasteiger partial charge is 0.231 e. The summed E-state index contributed by atoms with van der Waals surface area (Å²) in [7, 11) is -0.576. The number of amides is 1. The zero-order chi connectivity index (χ0) is 24.9. The molecule has 35 heavy (non-hydrogen) atoms. The monoisotopic (exact) mass is 522 g/mol. The third-order valence-electron chi connectivity index (χ3n) is 5.47. The van der Waals surface area contributed by atoms with Gasteiger partial charge in [-0.2, -0.15) is 0 Å². The zero-order valence-corrected chi connectivity index (χ0v) is 20.7. The van der Waals surface area contributed by atoms with Gasteiger partial charge in [0.2, 0.25) is 11.8 Å². The van der Waals surface area contributed by atoms with Crippen LogP contribution in [-0.2, 0) is 20.5 Å². The van der Waals surface area contributed by atoms with Crippen LogP contribution in [0.4, 0.5) is 19.6 Å². The maximum absolute atomic E-state index is 14.0. The van der Waals surface area contributed by atoms with Gasteiger partial charge in [0.15, 0.2) is 16.1 Å². The van der Waals surface area contributed by atoms with Gasteiger partial charge in [0.25, 0.3) is 0 Å². The van der Waals surface area contributed by atoms with Crippen molar-refractivity contribution in [1.82, 2.24) is 9.97 Å². The van der Waals surface area contributed by atoms with E-state index in [4.69, 9.17) is 9.47 Å². The molecule has 1 amide bonds. The summed E-state index contributed by atoms with van der Waals surface area (Å²) in [5.74, 6) is -1.32. The van der Waals surface area contributed by atoms with E-state index in [-0.39, 0.29) is 22.4 Å². The number of ether oxygens (including phenoxy) is 2. The quantitative estimate of drug-likeness (QED) is 0.445. The molecule has 0 saturated carbocycles. The van der Waals surface area contributed by atoms with Gasteiger partial charge in [-0.05, 0) is 43.9 Å². The van der Waals surface area contributed by atoms with E-state index in [2.05, 4.69) is 20.0 Å². The standard InChI is InChI=1S/C23H24F2N4O4S2/c1-13-21(34-23(27-13)28-20(30)9-14-5-7-33-8-6-14)15-10-19(22(32-2)26-12-15)35(31)29-18-4-3-16(24)11-17(18)25/h3-4,10-12,14,29H,5-9H2,1-2H3,(H,27,28,30). The van der Waals surface area contributed by atoms with Gasteiger partial charge >= 0.3 is 0 Å². The number of thiazole rings is 1. The normalized spacial score (nSPS) is 15.0. The molecule has 3 heterocycles. The lowest BCUT2D eigenvalue weighted by Gasteiger charge is -2.20. The van der Waals surface area contributed by atoms with Crippen molar-refractivity contribution in [3.8, 4) is 16.3 Å². The molecule has 1 saturated heterocycles. The molecule has 1 atom stereocenters. The SMILES string of the molecule is COc1ncc(-c2sc(NC(=O)CC3CCOCC3)nc2C)cc1S(=O)Nc1ccc(F)cc1F. The molecule has 186 valence electrons. The fraction of sp³-hybridized carbons (Fsp3) is 0.348. The third-order valence-corrected chi connectivity index (χ3v) is 7.68. The number of benzene rings is 1. The first kappa shape index (κ1) is 25.1. The molecule has 1 aromatic carbocycles. The Morgan fingerprint density at radius 1 is 1.29 bits per heavy atom. The van der Waals surface area contributed by atoms with Gasteiger partial charge in [0, 0.05) is 37.5 Å². The molecular formula is C23H24F2N4O4S2. The van der Waals surface area contributed by atoms with Crippen LogP contribution in [0, 0.1) is 24.5 Å². The molecule has 1 aliphatic heterocycles. The number of nitrogens with zero attached hydrogens (tertiary/aromatic N) is 2. The molecule has 12 heteroatoms. The van der Waals surface area contributed by atoms with Crippen molar-refractivity contribution < 1.29 is 27.3 Å². The minimum atomic E-state index is -1.96. The predicted octanol–water partition coefficient (Wildman–Crippen LogP) is 4.69. The molecule has 1 aliphatic rings. The summed E-state index contributed by atoms with van der Waals surface area (Å²) >= 11 is 1.28. The van der Waals surface area contributed by atoms with Crippen molar-refractivity contribution in [2.45, 2.75) is 31.1 Å². The van der Waals surface area contributed by atoms with E-state index >= 15 is 0 Å². The molecule has 2 N–H and O–H groups in total. The Hall–Kier alpha value is -2.96. The highest BCUT2D eigenvalue weighted by atomic mass is 32.2. The predicted molar refractivity (Wildman–Crippen MR) is 130 cm³/mol.